The van der Waals surface area contributed by atoms with E-state index in [2.05, 4.69) is 10.3 Å². The predicted molar refractivity (Wildman–Crippen MR) is 86.9 cm³/mol. The Labute approximate surface area is 143 Å². The van der Waals surface area contributed by atoms with Gasteiger partial charge in [0.15, 0.2) is 0 Å². The Morgan fingerprint density at radius 3 is 2.27 bits per heavy atom. The van der Waals surface area contributed by atoms with Crippen molar-refractivity contribution in [2.24, 2.45) is 0 Å². The van der Waals surface area contributed by atoms with E-state index in [1.54, 1.807) is 0 Å². The minimum Gasteiger partial charge on any atom is -0.319 e. The van der Waals surface area contributed by atoms with Gasteiger partial charge in [0.05, 0.1) is 11.4 Å². The van der Waals surface area contributed by atoms with Gasteiger partial charge < -0.3 is 10.3 Å². The Bertz CT molecular complexity index is 1100. The van der Waals surface area contributed by atoms with Gasteiger partial charge in [-0.25, -0.2) is 22.5 Å². The molecular formula is C17H10F3N3O3. The molecule has 0 saturated heterocycles. The number of amides is 1. The van der Waals surface area contributed by atoms with E-state index in [1.807, 2.05) is 0 Å². The third kappa shape index (κ3) is 3.27. The normalized spacial score (nSPS) is 10.6. The first-order valence-electron chi connectivity index (χ1n) is 7.24. The first kappa shape index (κ1) is 17.2. The predicted octanol–water partition coefficient (Wildman–Crippen LogP) is 2.20. The van der Waals surface area contributed by atoms with Gasteiger partial charge in [-0.2, -0.15) is 0 Å². The van der Waals surface area contributed by atoms with E-state index in [0.717, 1.165) is 30.5 Å². The second-order valence-electron chi connectivity index (χ2n) is 5.20. The van der Waals surface area contributed by atoms with Crippen molar-refractivity contribution in [3.63, 3.8) is 0 Å². The summed E-state index contributed by atoms with van der Waals surface area (Å²) in [5.41, 5.74) is -2.61. The standard InChI is InChI=1S/C17H10F3N3O3/c18-9-1-4-11(5-2-9)23-16(25)12(8-21-17(23)26)15(24)22-14-6-3-10(19)7-13(14)20/h1-8H,(H,21,26)(H,22,24). The van der Waals surface area contributed by atoms with Crippen LogP contribution in [0.15, 0.2) is 58.3 Å². The Balaban J connectivity index is 2.02. The summed E-state index contributed by atoms with van der Waals surface area (Å²) in [6.07, 6.45) is 0.876. The van der Waals surface area contributed by atoms with Crippen LogP contribution >= 0.6 is 0 Å². The first-order chi connectivity index (χ1) is 12.4. The van der Waals surface area contributed by atoms with Crippen molar-refractivity contribution in [3.05, 3.63) is 92.5 Å². The molecule has 0 unspecified atom stereocenters. The topological polar surface area (TPSA) is 84.0 Å². The molecule has 6 nitrogen and oxygen atoms in total. The molecule has 0 fully saturated rings. The monoisotopic (exact) mass is 361 g/mol. The minimum atomic E-state index is -1.03. The molecular weight excluding hydrogens is 351 g/mol. The number of hydrogen-bond donors (Lipinski definition) is 2. The molecule has 132 valence electrons. The van der Waals surface area contributed by atoms with Crippen LogP contribution < -0.4 is 16.6 Å². The molecule has 26 heavy (non-hydrogen) atoms. The second kappa shape index (κ2) is 6.71. The highest BCUT2D eigenvalue weighted by atomic mass is 19.1. The molecule has 0 atom stereocenters. The van der Waals surface area contributed by atoms with Crippen molar-refractivity contribution in [2.75, 3.05) is 5.32 Å². The molecule has 0 radical (unpaired) electrons. The molecule has 0 aliphatic heterocycles. The Morgan fingerprint density at radius 2 is 1.62 bits per heavy atom. The van der Waals surface area contributed by atoms with Crippen molar-refractivity contribution in [1.29, 1.82) is 0 Å². The van der Waals surface area contributed by atoms with E-state index in [0.29, 0.717) is 10.6 Å². The minimum absolute atomic E-state index is 0.0419. The van der Waals surface area contributed by atoms with Crippen LogP contribution in [0.25, 0.3) is 5.69 Å². The van der Waals surface area contributed by atoms with Crippen LogP contribution in [0, 0.1) is 17.5 Å². The number of hydrogen-bond acceptors (Lipinski definition) is 3. The molecule has 0 bridgehead atoms. The molecule has 0 spiro atoms. The number of nitrogens with zero attached hydrogens (tertiary/aromatic N) is 1. The van der Waals surface area contributed by atoms with Crippen LogP contribution in [-0.4, -0.2) is 15.5 Å². The summed E-state index contributed by atoms with van der Waals surface area (Å²) < 4.78 is 40.2. The number of H-pyrrole nitrogens is 1. The maximum absolute atomic E-state index is 13.6. The van der Waals surface area contributed by atoms with Crippen molar-refractivity contribution in [2.45, 2.75) is 0 Å². The number of nitrogens with one attached hydrogen (secondary N) is 2. The lowest BCUT2D eigenvalue weighted by molar-refractivity contribution is 0.102. The maximum Gasteiger partial charge on any atom is 0.333 e. The number of carbonyl (C=O) groups excluding carboxylic acids is 1. The van der Waals surface area contributed by atoms with E-state index < -0.39 is 40.2 Å². The largest absolute Gasteiger partial charge is 0.333 e. The number of aromatic nitrogens is 2. The fraction of sp³-hybridized carbons (Fsp3) is 0. The second-order valence-corrected chi connectivity index (χ2v) is 5.20. The van der Waals surface area contributed by atoms with Gasteiger partial charge >= 0.3 is 5.69 Å². The zero-order valence-electron chi connectivity index (χ0n) is 12.9. The van der Waals surface area contributed by atoms with E-state index in [4.69, 9.17) is 0 Å². The van der Waals surface area contributed by atoms with Crippen LogP contribution in [0.4, 0.5) is 18.9 Å². The number of anilines is 1. The molecule has 3 rings (SSSR count). The third-order valence-electron chi connectivity index (χ3n) is 3.49. The van der Waals surface area contributed by atoms with Crippen LogP contribution in [0.3, 0.4) is 0 Å². The van der Waals surface area contributed by atoms with Gasteiger partial charge in [0.2, 0.25) is 0 Å². The fourth-order valence-electron chi connectivity index (χ4n) is 2.24. The molecule has 9 heteroatoms. The molecule has 1 heterocycles. The summed E-state index contributed by atoms with van der Waals surface area (Å²) in [6.45, 7) is 0. The average Bonchev–Trinajstić information content (AvgIpc) is 2.59. The van der Waals surface area contributed by atoms with Gasteiger partial charge in [0.1, 0.15) is 23.0 Å². The van der Waals surface area contributed by atoms with Gasteiger partial charge in [0, 0.05) is 12.3 Å². The smallest absolute Gasteiger partial charge is 0.319 e. The molecule has 0 aliphatic rings. The molecule has 1 aromatic heterocycles. The summed E-state index contributed by atoms with van der Waals surface area (Å²) in [7, 11) is 0. The van der Waals surface area contributed by atoms with Crippen molar-refractivity contribution in [1.82, 2.24) is 9.55 Å². The zero-order chi connectivity index (χ0) is 18.8. The Morgan fingerprint density at radius 1 is 0.962 bits per heavy atom. The van der Waals surface area contributed by atoms with E-state index in [9.17, 15) is 27.6 Å². The summed E-state index contributed by atoms with van der Waals surface area (Å²) in [5.74, 6) is -3.43. The summed E-state index contributed by atoms with van der Waals surface area (Å²) in [4.78, 5) is 38.9. The van der Waals surface area contributed by atoms with Crippen molar-refractivity contribution in [3.8, 4) is 5.69 Å². The van der Waals surface area contributed by atoms with Crippen LogP contribution in [0.5, 0.6) is 0 Å². The average molecular weight is 361 g/mol. The number of rotatable bonds is 3. The van der Waals surface area contributed by atoms with Crippen LogP contribution in [0.2, 0.25) is 0 Å². The van der Waals surface area contributed by atoms with Crippen molar-refractivity contribution < 1.29 is 18.0 Å². The van der Waals surface area contributed by atoms with E-state index in [-0.39, 0.29) is 11.4 Å². The maximum atomic E-state index is 13.6. The van der Waals surface area contributed by atoms with Crippen LogP contribution in [-0.2, 0) is 0 Å². The highest BCUT2D eigenvalue weighted by Crippen LogP contribution is 2.15. The molecule has 0 aliphatic carbocycles. The summed E-state index contributed by atoms with van der Waals surface area (Å²) in [5, 5.41) is 2.13. The molecule has 3 aromatic rings. The quantitative estimate of drug-likeness (QED) is 0.750. The van der Waals surface area contributed by atoms with E-state index >= 15 is 0 Å². The SMILES string of the molecule is O=C(Nc1ccc(F)cc1F)c1c[nH]c(=O)n(-c2ccc(F)cc2)c1=O. The number of halogens is 3. The Kier molecular flexibility index (Phi) is 4.44. The number of carbonyl (C=O) groups is 1. The lowest BCUT2D eigenvalue weighted by atomic mass is 10.2. The summed E-state index contributed by atoms with van der Waals surface area (Å²) >= 11 is 0. The van der Waals surface area contributed by atoms with Gasteiger partial charge in [-0.1, -0.05) is 0 Å². The molecule has 0 saturated carbocycles. The number of benzene rings is 2. The first-order valence-corrected chi connectivity index (χ1v) is 7.24. The highest BCUT2D eigenvalue weighted by Gasteiger charge is 2.17. The van der Waals surface area contributed by atoms with Gasteiger partial charge in [-0.15, -0.1) is 0 Å². The summed E-state index contributed by atoms with van der Waals surface area (Å²) in [6, 6.07) is 6.96. The molecule has 2 N–H and O–H groups in total. The lowest BCUT2D eigenvalue weighted by Gasteiger charge is -2.09. The zero-order valence-corrected chi connectivity index (χ0v) is 12.9. The van der Waals surface area contributed by atoms with Gasteiger partial charge in [-0.05, 0) is 36.4 Å². The number of aromatic amines is 1. The lowest BCUT2D eigenvalue weighted by Crippen LogP contribution is -2.38. The fourth-order valence-corrected chi connectivity index (χ4v) is 2.24. The van der Waals surface area contributed by atoms with Crippen LogP contribution in [0.1, 0.15) is 10.4 Å². The molecule has 1 amide bonds. The van der Waals surface area contributed by atoms with Crippen molar-refractivity contribution >= 4 is 11.6 Å². The van der Waals surface area contributed by atoms with Gasteiger partial charge in [-0.3, -0.25) is 9.59 Å². The van der Waals surface area contributed by atoms with E-state index in [1.165, 1.54) is 12.1 Å². The third-order valence-corrected chi connectivity index (χ3v) is 3.49. The molecule has 2 aromatic carbocycles. The van der Waals surface area contributed by atoms with Gasteiger partial charge in [0.25, 0.3) is 11.5 Å². The Hall–Kier alpha value is -3.62. The highest BCUT2D eigenvalue weighted by molar-refractivity contribution is 6.03.